The number of amides is 1. The average molecular weight is 319 g/mol. The van der Waals surface area contributed by atoms with Gasteiger partial charge in [-0.1, -0.05) is 42.0 Å². The van der Waals surface area contributed by atoms with E-state index < -0.39 is 0 Å². The smallest absolute Gasteiger partial charge is 0.272 e. The van der Waals surface area contributed by atoms with E-state index in [1.54, 1.807) is 30.1 Å². The lowest BCUT2D eigenvalue weighted by Crippen LogP contribution is -2.24. The van der Waals surface area contributed by atoms with E-state index in [2.05, 4.69) is 10.2 Å². The first kappa shape index (κ1) is 14.5. The van der Waals surface area contributed by atoms with Gasteiger partial charge in [0.1, 0.15) is 17.1 Å². The number of aromatic amines is 1. The van der Waals surface area contributed by atoms with Gasteiger partial charge < -0.3 is 10.0 Å². The van der Waals surface area contributed by atoms with Gasteiger partial charge in [-0.15, -0.1) is 0 Å². The summed E-state index contributed by atoms with van der Waals surface area (Å²) >= 11 is 0. The fourth-order valence-electron chi connectivity index (χ4n) is 3.29. The van der Waals surface area contributed by atoms with Crippen LogP contribution >= 0.6 is 0 Å². The van der Waals surface area contributed by atoms with Crippen molar-refractivity contribution in [1.82, 2.24) is 15.1 Å². The van der Waals surface area contributed by atoms with Gasteiger partial charge in [0.2, 0.25) is 0 Å². The second-order valence-corrected chi connectivity index (χ2v) is 6.11. The van der Waals surface area contributed by atoms with E-state index in [0.29, 0.717) is 17.0 Å². The lowest BCUT2D eigenvalue weighted by atomic mass is 9.95. The molecule has 0 fully saturated rings. The highest BCUT2D eigenvalue weighted by molar-refractivity contribution is 6.00. The van der Waals surface area contributed by atoms with Crippen LogP contribution in [0.25, 0.3) is 11.3 Å². The Bertz CT molecular complexity index is 928. The highest BCUT2D eigenvalue weighted by Crippen LogP contribution is 2.43. The van der Waals surface area contributed by atoms with Gasteiger partial charge in [-0.3, -0.25) is 9.89 Å². The molecule has 0 aliphatic carbocycles. The van der Waals surface area contributed by atoms with E-state index >= 15 is 0 Å². The quantitative estimate of drug-likeness (QED) is 0.761. The van der Waals surface area contributed by atoms with Crippen molar-refractivity contribution in [2.75, 3.05) is 7.05 Å². The highest BCUT2D eigenvalue weighted by Gasteiger charge is 2.40. The number of para-hydroxylation sites is 1. The van der Waals surface area contributed by atoms with Crippen LogP contribution in [0.15, 0.2) is 48.5 Å². The Morgan fingerprint density at radius 2 is 1.83 bits per heavy atom. The molecule has 5 nitrogen and oxygen atoms in total. The normalized spacial score (nSPS) is 16.5. The van der Waals surface area contributed by atoms with Gasteiger partial charge in [0.15, 0.2) is 0 Å². The van der Waals surface area contributed by atoms with E-state index in [-0.39, 0.29) is 17.7 Å². The van der Waals surface area contributed by atoms with E-state index in [1.807, 2.05) is 37.3 Å². The minimum Gasteiger partial charge on any atom is -0.507 e. The van der Waals surface area contributed by atoms with Crippen molar-refractivity contribution in [3.8, 4) is 17.0 Å². The maximum Gasteiger partial charge on any atom is 0.272 e. The molecule has 0 saturated carbocycles. The highest BCUT2D eigenvalue weighted by atomic mass is 16.3. The molecule has 1 amide bonds. The molecule has 2 aromatic carbocycles. The van der Waals surface area contributed by atoms with Crippen LogP contribution in [0.2, 0.25) is 0 Å². The van der Waals surface area contributed by atoms with Crippen molar-refractivity contribution < 1.29 is 9.90 Å². The van der Waals surface area contributed by atoms with Gasteiger partial charge in [-0.2, -0.15) is 5.10 Å². The monoisotopic (exact) mass is 319 g/mol. The topological polar surface area (TPSA) is 69.2 Å². The van der Waals surface area contributed by atoms with Crippen molar-refractivity contribution in [1.29, 1.82) is 0 Å². The van der Waals surface area contributed by atoms with Crippen LogP contribution < -0.4 is 0 Å². The number of aromatic nitrogens is 2. The fourth-order valence-corrected chi connectivity index (χ4v) is 3.29. The van der Waals surface area contributed by atoms with Gasteiger partial charge in [0.25, 0.3) is 5.91 Å². The van der Waals surface area contributed by atoms with E-state index in [1.165, 1.54) is 5.56 Å². The van der Waals surface area contributed by atoms with Gasteiger partial charge in [0, 0.05) is 18.2 Å². The maximum absolute atomic E-state index is 12.6. The molecule has 5 heteroatoms. The van der Waals surface area contributed by atoms with E-state index in [0.717, 1.165) is 11.1 Å². The minimum atomic E-state index is -0.221. The zero-order valence-corrected chi connectivity index (χ0v) is 13.4. The Morgan fingerprint density at radius 3 is 2.54 bits per heavy atom. The number of aryl methyl sites for hydroxylation is 1. The second kappa shape index (κ2) is 5.23. The van der Waals surface area contributed by atoms with Crippen LogP contribution in [0.4, 0.5) is 0 Å². The largest absolute Gasteiger partial charge is 0.507 e. The number of fused-ring (bicyclic) bond motifs is 1. The standard InChI is InChI=1S/C19H17N3O2/c1-11-7-9-12(10-8-11)18-15-16(13-5-3-4-6-14(13)23)20-21-17(15)19(24)22(18)2/h3-10,18,23H,1-2H3,(H,20,21)/t18-/m1/s1. The predicted molar refractivity (Wildman–Crippen MR) is 90.8 cm³/mol. The lowest BCUT2D eigenvalue weighted by Gasteiger charge is -2.22. The van der Waals surface area contributed by atoms with Crippen LogP contribution in [0.5, 0.6) is 5.75 Å². The number of aromatic hydroxyl groups is 1. The third-order valence-corrected chi connectivity index (χ3v) is 4.55. The molecule has 1 atom stereocenters. The molecule has 0 saturated heterocycles. The summed E-state index contributed by atoms with van der Waals surface area (Å²) < 4.78 is 0. The van der Waals surface area contributed by atoms with Crippen LogP contribution in [-0.4, -0.2) is 33.2 Å². The number of benzene rings is 2. The Hall–Kier alpha value is -3.08. The van der Waals surface area contributed by atoms with E-state index in [9.17, 15) is 9.90 Å². The Morgan fingerprint density at radius 1 is 1.12 bits per heavy atom. The lowest BCUT2D eigenvalue weighted by molar-refractivity contribution is 0.0788. The van der Waals surface area contributed by atoms with Crippen LogP contribution in [-0.2, 0) is 0 Å². The van der Waals surface area contributed by atoms with Gasteiger partial charge in [0.05, 0.1) is 6.04 Å². The second-order valence-electron chi connectivity index (χ2n) is 6.11. The molecule has 1 aliphatic heterocycles. The van der Waals surface area contributed by atoms with Crippen molar-refractivity contribution in [2.24, 2.45) is 0 Å². The summed E-state index contributed by atoms with van der Waals surface area (Å²) in [5, 5.41) is 17.4. The summed E-state index contributed by atoms with van der Waals surface area (Å²) in [6, 6.07) is 14.9. The number of phenolic OH excluding ortho intramolecular Hbond substituents is 1. The van der Waals surface area contributed by atoms with Crippen LogP contribution in [0.1, 0.15) is 33.2 Å². The third-order valence-electron chi connectivity index (χ3n) is 4.55. The maximum atomic E-state index is 12.6. The molecule has 1 aliphatic rings. The number of rotatable bonds is 2. The zero-order valence-electron chi connectivity index (χ0n) is 13.4. The number of H-pyrrole nitrogens is 1. The van der Waals surface area contributed by atoms with Gasteiger partial charge in [-0.05, 0) is 24.6 Å². The molecular weight excluding hydrogens is 302 g/mol. The molecule has 24 heavy (non-hydrogen) atoms. The number of carbonyl (C=O) groups is 1. The molecule has 4 rings (SSSR count). The number of hydrogen-bond donors (Lipinski definition) is 2. The number of phenols is 1. The molecule has 2 N–H and O–H groups in total. The summed E-state index contributed by atoms with van der Waals surface area (Å²) in [4.78, 5) is 14.3. The van der Waals surface area contributed by atoms with Crippen LogP contribution in [0, 0.1) is 6.92 Å². The number of nitrogens with one attached hydrogen (secondary N) is 1. The Balaban J connectivity index is 1.92. The summed E-state index contributed by atoms with van der Waals surface area (Å²) in [6.45, 7) is 2.03. The van der Waals surface area contributed by atoms with Crippen molar-refractivity contribution in [2.45, 2.75) is 13.0 Å². The number of nitrogens with zero attached hydrogens (tertiary/aromatic N) is 2. The van der Waals surface area contributed by atoms with Gasteiger partial charge >= 0.3 is 0 Å². The van der Waals surface area contributed by atoms with Crippen molar-refractivity contribution in [3.05, 3.63) is 70.9 Å². The summed E-state index contributed by atoms with van der Waals surface area (Å²) in [5.41, 5.74) is 4.73. The molecule has 0 unspecified atom stereocenters. The third kappa shape index (κ3) is 2.01. The first-order valence-corrected chi connectivity index (χ1v) is 7.78. The SMILES string of the molecule is Cc1ccc([C@@H]2c3c(-c4ccccc4O)n[nH]c3C(=O)N2C)cc1. The Labute approximate surface area is 139 Å². The first-order valence-electron chi connectivity index (χ1n) is 7.78. The Kier molecular flexibility index (Phi) is 3.16. The van der Waals surface area contributed by atoms with Crippen molar-refractivity contribution >= 4 is 5.91 Å². The molecule has 3 aromatic rings. The molecule has 0 bridgehead atoms. The van der Waals surface area contributed by atoms with Crippen LogP contribution in [0.3, 0.4) is 0 Å². The molecule has 0 spiro atoms. The fraction of sp³-hybridized carbons (Fsp3) is 0.158. The zero-order chi connectivity index (χ0) is 16.8. The van der Waals surface area contributed by atoms with E-state index in [4.69, 9.17) is 0 Å². The summed E-state index contributed by atoms with van der Waals surface area (Å²) in [7, 11) is 1.79. The molecule has 120 valence electrons. The molecular formula is C19H17N3O2. The van der Waals surface area contributed by atoms with Gasteiger partial charge in [-0.25, -0.2) is 0 Å². The summed E-state index contributed by atoms with van der Waals surface area (Å²) in [5.74, 6) is 0.0567. The molecule has 2 heterocycles. The predicted octanol–water partition coefficient (Wildman–Crippen LogP) is 3.27. The number of carbonyl (C=O) groups excluding carboxylic acids is 1. The minimum absolute atomic E-state index is 0.0928. The average Bonchev–Trinajstić information content (AvgIpc) is 3.10. The number of hydrogen-bond acceptors (Lipinski definition) is 3. The molecule has 1 aromatic heterocycles. The van der Waals surface area contributed by atoms with Crippen molar-refractivity contribution in [3.63, 3.8) is 0 Å². The summed E-state index contributed by atoms with van der Waals surface area (Å²) in [6.07, 6.45) is 0. The first-order chi connectivity index (χ1) is 11.6. The molecule has 0 radical (unpaired) electrons.